The minimum atomic E-state index is -0.670. The first kappa shape index (κ1) is 69.9. The monoisotopic (exact) mass is 1000 g/mol. The zero-order chi connectivity index (χ0) is 51.4. The molecule has 0 saturated heterocycles. The molecule has 0 fully saturated rings. The molecule has 0 radical (unpaired) electrons. The normalized spacial score (nSPS) is 12.5. The highest BCUT2D eigenvalue weighted by molar-refractivity contribution is 5.76. The maximum absolute atomic E-state index is 12.5. The fourth-order valence-electron chi connectivity index (χ4n) is 10.6. The summed E-state index contributed by atoms with van der Waals surface area (Å²) >= 11 is 0. The van der Waals surface area contributed by atoms with E-state index in [1.807, 2.05) is 0 Å². The maximum atomic E-state index is 12.5. The van der Waals surface area contributed by atoms with Crippen LogP contribution in [0.1, 0.15) is 380 Å². The zero-order valence-corrected chi connectivity index (χ0v) is 48.5. The average molecular weight is 1000 g/mol. The first-order chi connectivity index (χ1) is 35.0. The van der Waals surface area contributed by atoms with Gasteiger partial charge in [0.25, 0.3) is 0 Å². The first-order valence-electron chi connectivity index (χ1n) is 32.8. The van der Waals surface area contributed by atoms with Gasteiger partial charge in [-0.1, -0.05) is 341 Å². The van der Waals surface area contributed by atoms with Gasteiger partial charge in [0.15, 0.2) is 0 Å². The Labute approximate surface area is 445 Å². The van der Waals surface area contributed by atoms with Gasteiger partial charge in [0.05, 0.1) is 25.4 Å². The Bertz CT molecular complexity index is 1020. The van der Waals surface area contributed by atoms with Crippen molar-refractivity contribution in [1.29, 1.82) is 0 Å². The molecule has 71 heavy (non-hydrogen) atoms. The van der Waals surface area contributed by atoms with Crippen molar-refractivity contribution in [1.82, 2.24) is 5.32 Å². The topological polar surface area (TPSA) is 95.9 Å². The second-order valence-corrected chi connectivity index (χ2v) is 22.8. The lowest BCUT2D eigenvalue weighted by Gasteiger charge is -2.22. The van der Waals surface area contributed by atoms with Crippen LogP contribution >= 0.6 is 0 Å². The van der Waals surface area contributed by atoms with Crippen molar-refractivity contribution in [3.8, 4) is 0 Å². The number of carbonyl (C=O) groups is 2. The molecule has 0 aromatic rings. The van der Waals surface area contributed by atoms with E-state index in [4.69, 9.17) is 4.74 Å². The van der Waals surface area contributed by atoms with Crippen LogP contribution in [0.2, 0.25) is 0 Å². The molecule has 0 bridgehead atoms. The Morgan fingerprint density at radius 1 is 0.338 bits per heavy atom. The molecular weight excluding hydrogens is 875 g/mol. The minimum Gasteiger partial charge on any atom is -0.466 e. The number of nitrogens with one attached hydrogen (secondary N) is 1. The van der Waals surface area contributed by atoms with Crippen LogP contribution in [0.4, 0.5) is 0 Å². The van der Waals surface area contributed by atoms with Crippen LogP contribution in [0.5, 0.6) is 0 Å². The van der Waals surface area contributed by atoms with Crippen LogP contribution in [0, 0.1) is 0 Å². The first-order valence-corrected chi connectivity index (χ1v) is 32.8. The summed E-state index contributed by atoms with van der Waals surface area (Å²) < 4.78 is 5.49. The van der Waals surface area contributed by atoms with Crippen molar-refractivity contribution in [2.45, 2.75) is 392 Å². The lowest BCUT2D eigenvalue weighted by molar-refractivity contribution is -0.143. The highest BCUT2D eigenvalue weighted by atomic mass is 16.5. The van der Waals surface area contributed by atoms with Gasteiger partial charge in [-0.2, -0.15) is 0 Å². The van der Waals surface area contributed by atoms with Gasteiger partial charge in [-0.25, -0.2) is 0 Å². The summed E-state index contributed by atoms with van der Waals surface area (Å²) in [5, 5.41) is 23.4. The van der Waals surface area contributed by atoms with Crippen molar-refractivity contribution in [3.05, 3.63) is 0 Å². The van der Waals surface area contributed by atoms with E-state index < -0.39 is 12.1 Å². The fourth-order valence-corrected chi connectivity index (χ4v) is 10.6. The summed E-state index contributed by atoms with van der Waals surface area (Å²) in [5.74, 6) is -0.0325. The molecule has 424 valence electrons. The molecule has 1 amide bonds. The second-order valence-electron chi connectivity index (χ2n) is 22.8. The van der Waals surface area contributed by atoms with E-state index >= 15 is 0 Å². The second kappa shape index (κ2) is 61.4. The van der Waals surface area contributed by atoms with E-state index in [0.29, 0.717) is 25.9 Å². The van der Waals surface area contributed by atoms with Gasteiger partial charge in [0.1, 0.15) is 0 Å². The predicted molar refractivity (Wildman–Crippen MR) is 310 cm³/mol. The summed E-state index contributed by atoms with van der Waals surface area (Å²) in [4.78, 5) is 24.6. The van der Waals surface area contributed by atoms with E-state index in [-0.39, 0.29) is 18.5 Å². The van der Waals surface area contributed by atoms with Gasteiger partial charge in [-0.05, 0) is 25.7 Å². The highest BCUT2D eigenvalue weighted by Gasteiger charge is 2.20. The molecule has 0 aliphatic carbocycles. The molecule has 2 atom stereocenters. The van der Waals surface area contributed by atoms with Gasteiger partial charge in [0, 0.05) is 12.8 Å². The van der Waals surface area contributed by atoms with Crippen molar-refractivity contribution in [2.75, 3.05) is 13.2 Å². The van der Waals surface area contributed by atoms with Crippen molar-refractivity contribution in [2.24, 2.45) is 0 Å². The molecular formula is C65H129NO5. The van der Waals surface area contributed by atoms with Crippen LogP contribution in [-0.2, 0) is 14.3 Å². The van der Waals surface area contributed by atoms with Gasteiger partial charge >= 0.3 is 5.97 Å². The van der Waals surface area contributed by atoms with Crippen LogP contribution < -0.4 is 5.32 Å². The lowest BCUT2D eigenvalue weighted by Crippen LogP contribution is -2.45. The van der Waals surface area contributed by atoms with Crippen molar-refractivity contribution in [3.63, 3.8) is 0 Å². The smallest absolute Gasteiger partial charge is 0.305 e. The zero-order valence-electron chi connectivity index (χ0n) is 48.5. The molecule has 0 aliphatic heterocycles. The summed E-state index contributed by atoms with van der Waals surface area (Å²) in [5.41, 5.74) is 0. The molecule has 6 nitrogen and oxygen atoms in total. The molecule has 0 spiro atoms. The van der Waals surface area contributed by atoms with Crippen LogP contribution in [-0.4, -0.2) is 47.4 Å². The Hall–Kier alpha value is -1.14. The van der Waals surface area contributed by atoms with Crippen LogP contribution in [0.15, 0.2) is 0 Å². The van der Waals surface area contributed by atoms with E-state index in [1.165, 1.54) is 302 Å². The third kappa shape index (κ3) is 58.0. The van der Waals surface area contributed by atoms with Gasteiger partial charge in [-0.3, -0.25) is 9.59 Å². The summed E-state index contributed by atoms with van der Waals surface area (Å²) in [6.07, 6.45) is 72.6. The molecule has 0 saturated carbocycles. The highest BCUT2D eigenvalue weighted by Crippen LogP contribution is 2.19. The molecule has 0 aromatic heterocycles. The van der Waals surface area contributed by atoms with Crippen molar-refractivity contribution < 1.29 is 24.5 Å². The van der Waals surface area contributed by atoms with E-state index in [0.717, 1.165) is 44.9 Å². The van der Waals surface area contributed by atoms with Crippen LogP contribution in [0.3, 0.4) is 0 Å². The number of hydrogen-bond acceptors (Lipinski definition) is 5. The number of rotatable bonds is 62. The Morgan fingerprint density at radius 2 is 0.577 bits per heavy atom. The molecule has 0 rings (SSSR count). The number of amides is 1. The number of esters is 1. The number of hydrogen-bond donors (Lipinski definition) is 3. The largest absolute Gasteiger partial charge is 0.466 e. The third-order valence-corrected chi connectivity index (χ3v) is 15.7. The Morgan fingerprint density at radius 3 is 0.859 bits per heavy atom. The number of aliphatic hydroxyl groups excluding tert-OH is 2. The number of carbonyl (C=O) groups excluding carboxylic acids is 2. The van der Waals surface area contributed by atoms with Crippen molar-refractivity contribution >= 4 is 11.9 Å². The quantitative estimate of drug-likeness (QED) is 0.0417. The summed E-state index contributed by atoms with van der Waals surface area (Å²) in [6.45, 7) is 4.98. The third-order valence-electron chi connectivity index (χ3n) is 15.7. The number of ether oxygens (including phenoxy) is 1. The molecule has 0 aromatic carbocycles. The number of aliphatic hydroxyl groups is 2. The fraction of sp³-hybridized carbons (Fsp3) is 0.969. The van der Waals surface area contributed by atoms with Crippen LogP contribution in [0.25, 0.3) is 0 Å². The molecule has 3 N–H and O–H groups in total. The number of unbranched alkanes of at least 4 members (excludes halogenated alkanes) is 51. The minimum absolute atomic E-state index is 0.00534. The van der Waals surface area contributed by atoms with E-state index in [9.17, 15) is 19.8 Å². The van der Waals surface area contributed by atoms with Gasteiger partial charge in [-0.15, -0.1) is 0 Å². The molecule has 0 aliphatic rings. The predicted octanol–water partition coefficient (Wildman–Crippen LogP) is 20.6. The summed E-state index contributed by atoms with van der Waals surface area (Å²) in [6, 6.07) is -0.548. The summed E-state index contributed by atoms with van der Waals surface area (Å²) in [7, 11) is 0. The average Bonchev–Trinajstić information content (AvgIpc) is 3.37. The van der Waals surface area contributed by atoms with E-state index in [2.05, 4.69) is 19.2 Å². The Kier molecular flexibility index (Phi) is 60.4. The lowest BCUT2D eigenvalue weighted by atomic mass is 10.0. The molecule has 2 unspecified atom stereocenters. The Balaban J connectivity index is 3.40. The maximum Gasteiger partial charge on any atom is 0.305 e. The van der Waals surface area contributed by atoms with Gasteiger partial charge < -0.3 is 20.3 Å². The standard InChI is InChI=1S/C65H129NO5/c1-3-5-7-9-11-13-15-17-19-20-21-22-23-24-25-26-27-30-33-37-41-45-49-53-57-63(68)62(61-67)66-64(69)58-54-50-46-42-38-34-31-28-32-36-40-44-48-52-56-60-71-65(70)59-55-51-47-43-39-35-29-18-16-14-12-10-8-6-4-2/h62-63,67-68H,3-61H2,1-2H3,(H,66,69). The van der Waals surface area contributed by atoms with E-state index in [1.54, 1.807) is 0 Å². The SMILES string of the molecule is CCCCCCCCCCCCCCCCCCCCCCCCCCC(O)C(CO)NC(=O)CCCCCCCCCCCCCCCCCOC(=O)CCCCCCCCCCCCCCCCC. The van der Waals surface area contributed by atoms with Gasteiger partial charge in [0.2, 0.25) is 5.91 Å². The molecule has 0 heterocycles. The molecule has 6 heteroatoms.